The number of benzene rings is 1. The van der Waals surface area contributed by atoms with E-state index in [1.807, 2.05) is 57.2 Å². The van der Waals surface area contributed by atoms with Gasteiger partial charge in [-0.25, -0.2) is 14.5 Å². The SMILES string of the molecule is Cc1cc(C)n(-c2ccc(Cl)c(C(=O)OCC(=O)NC(C)c3ccccc3)n2)n1. The van der Waals surface area contributed by atoms with Crippen molar-refractivity contribution in [1.29, 1.82) is 0 Å². The van der Waals surface area contributed by atoms with Crippen LogP contribution in [0.2, 0.25) is 5.02 Å². The summed E-state index contributed by atoms with van der Waals surface area (Å²) in [6.07, 6.45) is 0. The Kier molecular flexibility index (Phi) is 6.29. The van der Waals surface area contributed by atoms with Gasteiger partial charge in [0.15, 0.2) is 18.1 Å². The van der Waals surface area contributed by atoms with E-state index < -0.39 is 18.5 Å². The number of esters is 1. The minimum Gasteiger partial charge on any atom is -0.451 e. The maximum absolute atomic E-state index is 12.4. The summed E-state index contributed by atoms with van der Waals surface area (Å²) < 4.78 is 6.71. The van der Waals surface area contributed by atoms with Crippen LogP contribution in [0, 0.1) is 13.8 Å². The van der Waals surface area contributed by atoms with Gasteiger partial charge >= 0.3 is 5.97 Å². The number of aromatic nitrogens is 3. The second-order valence-electron chi connectivity index (χ2n) is 6.61. The first-order chi connectivity index (χ1) is 13.8. The lowest BCUT2D eigenvalue weighted by Crippen LogP contribution is -2.31. The van der Waals surface area contributed by atoms with Crippen LogP contribution in [0.25, 0.3) is 5.82 Å². The number of nitrogens with zero attached hydrogens (tertiary/aromatic N) is 3. The van der Waals surface area contributed by atoms with Crippen molar-refractivity contribution in [3.63, 3.8) is 0 Å². The average molecular weight is 413 g/mol. The van der Waals surface area contributed by atoms with Crippen LogP contribution in [0.15, 0.2) is 48.5 Å². The van der Waals surface area contributed by atoms with Gasteiger partial charge in [-0.3, -0.25) is 4.79 Å². The van der Waals surface area contributed by atoms with Crippen LogP contribution in [0.3, 0.4) is 0 Å². The third-order valence-electron chi connectivity index (χ3n) is 4.26. The van der Waals surface area contributed by atoms with Crippen molar-refractivity contribution in [3.8, 4) is 5.82 Å². The fourth-order valence-corrected chi connectivity index (χ4v) is 3.04. The summed E-state index contributed by atoms with van der Waals surface area (Å²) in [6.45, 7) is 5.17. The van der Waals surface area contributed by atoms with E-state index >= 15 is 0 Å². The van der Waals surface area contributed by atoms with Crippen molar-refractivity contribution in [1.82, 2.24) is 20.1 Å². The Balaban J connectivity index is 1.65. The number of hydrogen-bond acceptors (Lipinski definition) is 5. The Morgan fingerprint density at radius 2 is 1.90 bits per heavy atom. The fraction of sp³-hybridized carbons (Fsp3) is 0.238. The van der Waals surface area contributed by atoms with Crippen LogP contribution in [0.4, 0.5) is 0 Å². The summed E-state index contributed by atoms with van der Waals surface area (Å²) in [7, 11) is 0. The molecule has 1 unspecified atom stereocenters. The van der Waals surface area contributed by atoms with Gasteiger partial charge in [0.25, 0.3) is 5.91 Å². The van der Waals surface area contributed by atoms with Crippen molar-refractivity contribution in [2.45, 2.75) is 26.8 Å². The highest BCUT2D eigenvalue weighted by Crippen LogP contribution is 2.18. The van der Waals surface area contributed by atoms with Gasteiger partial charge < -0.3 is 10.1 Å². The van der Waals surface area contributed by atoms with E-state index in [2.05, 4.69) is 15.4 Å². The summed E-state index contributed by atoms with van der Waals surface area (Å²) in [5.74, 6) is -0.754. The van der Waals surface area contributed by atoms with Crippen molar-refractivity contribution in [3.05, 3.63) is 76.2 Å². The molecule has 2 heterocycles. The Morgan fingerprint density at radius 1 is 1.17 bits per heavy atom. The first-order valence-electron chi connectivity index (χ1n) is 9.07. The van der Waals surface area contributed by atoms with Gasteiger partial charge in [0.05, 0.1) is 16.8 Å². The van der Waals surface area contributed by atoms with E-state index in [9.17, 15) is 9.59 Å². The second kappa shape index (κ2) is 8.87. The number of aryl methyl sites for hydroxylation is 2. The maximum Gasteiger partial charge on any atom is 0.359 e. The van der Waals surface area contributed by atoms with E-state index in [0.717, 1.165) is 17.0 Å². The molecule has 3 rings (SSSR count). The lowest BCUT2D eigenvalue weighted by molar-refractivity contribution is -0.124. The van der Waals surface area contributed by atoms with E-state index in [1.165, 1.54) is 0 Å². The largest absolute Gasteiger partial charge is 0.451 e. The van der Waals surface area contributed by atoms with E-state index in [1.54, 1.807) is 16.8 Å². The summed E-state index contributed by atoms with van der Waals surface area (Å²) in [5.41, 5.74) is 2.58. The topological polar surface area (TPSA) is 86.1 Å². The monoisotopic (exact) mass is 412 g/mol. The zero-order chi connectivity index (χ0) is 21.0. The minimum absolute atomic E-state index is 0.0689. The van der Waals surface area contributed by atoms with Crippen LogP contribution in [0.1, 0.15) is 40.4 Å². The number of ether oxygens (including phenoxy) is 1. The van der Waals surface area contributed by atoms with Crippen molar-refractivity contribution < 1.29 is 14.3 Å². The van der Waals surface area contributed by atoms with Crippen LogP contribution in [-0.2, 0) is 9.53 Å². The first-order valence-corrected chi connectivity index (χ1v) is 9.44. The number of halogens is 1. The van der Waals surface area contributed by atoms with E-state index in [4.69, 9.17) is 16.3 Å². The maximum atomic E-state index is 12.4. The second-order valence-corrected chi connectivity index (χ2v) is 7.02. The zero-order valence-electron chi connectivity index (χ0n) is 16.3. The van der Waals surface area contributed by atoms with E-state index in [0.29, 0.717) is 5.82 Å². The molecule has 0 fully saturated rings. The molecule has 0 saturated heterocycles. The number of rotatable bonds is 6. The summed E-state index contributed by atoms with van der Waals surface area (Å²) in [4.78, 5) is 28.8. The molecule has 1 aromatic carbocycles. The quantitative estimate of drug-likeness (QED) is 0.625. The lowest BCUT2D eigenvalue weighted by Gasteiger charge is -2.14. The molecular weight excluding hydrogens is 392 g/mol. The van der Waals surface area contributed by atoms with Gasteiger partial charge in [-0.1, -0.05) is 41.9 Å². The third-order valence-corrected chi connectivity index (χ3v) is 4.57. The number of hydrogen-bond donors (Lipinski definition) is 1. The molecule has 150 valence electrons. The van der Waals surface area contributed by atoms with Crippen LogP contribution in [0.5, 0.6) is 0 Å². The smallest absolute Gasteiger partial charge is 0.359 e. The Bertz CT molecular complexity index is 1030. The Labute approximate surface area is 173 Å². The molecule has 7 nitrogen and oxygen atoms in total. The number of carbonyl (C=O) groups is 2. The Morgan fingerprint density at radius 3 is 2.55 bits per heavy atom. The van der Waals surface area contributed by atoms with Crippen LogP contribution >= 0.6 is 11.6 Å². The summed E-state index contributed by atoms with van der Waals surface area (Å²) in [5, 5.41) is 7.26. The highest BCUT2D eigenvalue weighted by molar-refractivity contribution is 6.33. The molecule has 1 atom stereocenters. The fourth-order valence-electron chi connectivity index (χ4n) is 2.86. The first kappa shape index (κ1) is 20.5. The summed E-state index contributed by atoms with van der Waals surface area (Å²) >= 11 is 6.11. The molecule has 2 aromatic heterocycles. The van der Waals surface area contributed by atoms with Crippen molar-refractivity contribution in [2.75, 3.05) is 6.61 Å². The highest BCUT2D eigenvalue weighted by Gasteiger charge is 2.18. The van der Waals surface area contributed by atoms with Crippen LogP contribution in [-0.4, -0.2) is 33.2 Å². The number of nitrogens with one attached hydrogen (secondary N) is 1. The highest BCUT2D eigenvalue weighted by atomic mass is 35.5. The molecule has 0 bridgehead atoms. The van der Waals surface area contributed by atoms with E-state index in [-0.39, 0.29) is 16.8 Å². The molecular formula is C21H21ClN4O3. The Hall–Kier alpha value is -3.19. The molecule has 1 amide bonds. The summed E-state index contributed by atoms with van der Waals surface area (Å²) in [6, 6.07) is 14.4. The molecule has 29 heavy (non-hydrogen) atoms. The molecule has 0 aliphatic heterocycles. The molecule has 0 aliphatic carbocycles. The molecule has 8 heteroatoms. The molecule has 3 aromatic rings. The molecule has 0 aliphatic rings. The molecule has 0 spiro atoms. The number of carbonyl (C=O) groups excluding carboxylic acids is 2. The van der Waals surface area contributed by atoms with Gasteiger partial charge in [-0.2, -0.15) is 5.10 Å². The van der Waals surface area contributed by atoms with Gasteiger partial charge in [0.2, 0.25) is 0 Å². The third kappa shape index (κ3) is 5.00. The lowest BCUT2D eigenvalue weighted by atomic mass is 10.1. The van der Waals surface area contributed by atoms with Crippen molar-refractivity contribution in [2.24, 2.45) is 0 Å². The van der Waals surface area contributed by atoms with Gasteiger partial charge in [-0.05, 0) is 44.5 Å². The average Bonchev–Trinajstić information content (AvgIpc) is 3.05. The predicted octanol–water partition coefficient (Wildman–Crippen LogP) is 3.57. The van der Waals surface area contributed by atoms with Crippen molar-refractivity contribution >= 4 is 23.5 Å². The molecule has 1 N–H and O–H groups in total. The van der Waals surface area contributed by atoms with Gasteiger partial charge in [-0.15, -0.1) is 0 Å². The predicted molar refractivity (Wildman–Crippen MR) is 109 cm³/mol. The molecule has 0 radical (unpaired) electrons. The molecule has 0 saturated carbocycles. The van der Waals surface area contributed by atoms with Crippen LogP contribution < -0.4 is 5.32 Å². The zero-order valence-corrected chi connectivity index (χ0v) is 17.1. The van der Waals surface area contributed by atoms with Gasteiger partial charge in [0.1, 0.15) is 0 Å². The standard InChI is InChI=1S/C21H21ClN4O3/c1-13-11-14(2)26(25-13)18-10-9-17(22)20(24-18)21(28)29-12-19(27)23-15(3)16-7-5-4-6-8-16/h4-11,15H,12H2,1-3H3,(H,23,27). The normalized spacial score (nSPS) is 11.7. The number of amides is 1. The minimum atomic E-state index is -0.777. The number of pyridine rings is 1. The van der Waals surface area contributed by atoms with Gasteiger partial charge in [0, 0.05) is 5.69 Å².